The van der Waals surface area contributed by atoms with E-state index in [1.54, 1.807) is 14.0 Å². The molecule has 0 bridgehead atoms. The molecule has 0 rings (SSSR count). The van der Waals surface area contributed by atoms with Crippen LogP contribution in [0.2, 0.25) is 0 Å². The first-order valence-corrected chi connectivity index (χ1v) is 3.02. The number of hydrogen-bond donors (Lipinski definition) is 1. The molecule has 10 heavy (non-hydrogen) atoms. The first-order chi connectivity index (χ1) is 4.63. The molecule has 0 aromatic rings. The standard InChI is InChI=1S/C6H12N2O2/c1-5(7-2)6(10)8(3)4-9/h4-5,7H,1-3H3. The van der Waals surface area contributed by atoms with E-state index in [2.05, 4.69) is 5.32 Å². The summed E-state index contributed by atoms with van der Waals surface area (Å²) in [6.45, 7) is 1.70. The topological polar surface area (TPSA) is 49.4 Å². The zero-order valence-corrected chi connectivity index (χ0v) is 6.42. The number of carbonyl (C=O) groups is 2. The summed E-state index contributed by atoms with van der Waals surface area (Å²) in [5.41, 5.74) is 0. The van der Waals surface area contributed by atoms with Crippen LogP contribution in [0.25, 0.3) is 0 Å². The van der Waals surface area contributed by atoms with Crippen LogP contribution >= 0.6 is 0 Å². The second-order valence-electron chi connectivity index (χ2n) is 2.06. The molecule has 0 saturated carbocycles. The van der Waals surface area contributed by atoms with Crippen molar-refractivity contribution in [1.29, 1.82) is 0 Å². The second-order valence-corrected chi connectivity index (χ2v) is 2.06. The van der Waals surface area contributed by atoms with Gasteiger partial charge in [-0.25, -0.2) is 0 Å². The van der Waals surface area contributed by atoms with Gasteiger partial charge in [-0.05, 0) is 14.0 Å². The van der Waals surface area contributed by atoms with E-state index in [1.807, 2.05) is 0 Å². The van der Waals surface area contributed by atoms with E-state index < -0.39 is 0 Å². The fourth-order valence-corrected chi connectivity index (χ4v) is 0.481. The minimum atomic E-state index is -0.296. The average molecular weight is 144 g/mol. The molecule has 0 spiro atoms. The molecule has 0 aliphatic heterocycles. The summed E-state index contributed by atoms with van der Waals surface area (Å²) >= 11 is 0. The zero-order valence-electron chi connectivity index (χ0n) is 6.42. The third-order valence-electron chi connectivity index (χ3n) is 1.31. The minimum absolute atomic E-state index is 0.225. The van der Waals surface area contributed by atoms with E-state index in [1.165, 1.54) is 7.05 Å². The number of carbonyl (C=O) groups excluding carboxylic acids is 2. The third-order valence-corrected chi connectivity index (χ3v) is 1.31. The van der Waals surface area contributed by atoms with Crippen molar-refractivity contribution < 1.29 is 9.59 Å². The first-order valence-electron chi connectivity index (χ1n) is 3.02. The van der Waals surface area contributed by atoms with Crippen molar-refractivity contribution in [2.45, 2.75) is 13.0 Å². The Labute approximate surface area is 60.2 Å². The molecule has 1 unspecified atom stereocenters. The van der Waals surface area contributed by atoms with Gasteiger partial charge >= 0.3 is 0 Å². The molecule has 0 radical (unpaired) electrons. The van der Waals surface area contributed by atoms with Gasteiger partial charge in [0, 0.05) is 7.05 Å². The Hall–Kier alpha value is -0.900. The number of rotatable bonds is 3. The van der Waals surface area contributed by atoms with E-state index in [-0.39, 0.29) is 11.9 Å². The van der Waals surface area contributed by atoms with Gasteiger partial charge in [-0.15, -0.1) is 0 Å². The number of likely N-dealkylation sites (N-methyl/N-ethyl adjacent to an activating group) is 2. The molecule has 2 amide bonds. The number of nitrogens with one attached hydrogen (secondary N) is 1. The molecular formula is C6H12N2O2. The van der Waals surface area contributed by atoms with E-state index in [0.29, 0.717) is 6.41 Å². The molecule has 4 nitrogen and oxygen atoms in total. The van der Waals surface area contributed by atoms with Crippen LogP contribution in [0.15, 0.2) is 0 Å². The van der Waals surface area contributed by atoms with Gasteiger partial charge in [0.2, 0.25) is 12.3 Å². The highest BCUT2D eigenvalue weighted by molar-refractivity contribution is 5.89. The molecule has 0 aromatic heterocycles. The number of nitrogens with zero attached hydrogens (tertiary/aromatic N) is 1. The van der Waals surface area contributed by atoms with Crippen molar-refractivity contribution in [2.24, 2.45) is 0 Å². The Morgan fingerprint density at radius 1 is 1.70 bits per heavy atom. The van der Waals surface area contributed by atoms with Crippen molar-refractivity contribution >= 4 is 12.3 Å². The van der Waals surface area contributed by atoms with Gasteiger partial charge in [-0.3, -0.25) is 14.5 Å². The SMILES string of the molecule is CNC(C)C(=O)N(C)C=O. The zero-order chi connectivity index (χ0) is 8.15. The molecule has 0 aromatic carbocycles. The summed E-state index contributed by atoms with van der Waals surface area (Å²) in [5, 5.41) is 2.73. The molecule has 0 aliphatic rings. The fourth-order valence-electron chi connectivity index (χ4n) is 0.481. The normalized spacial score (nSPS) is 12.3. The highest BCUT2D eigenvalue weighted by Gasteiger charge is 2.13. The summed E-state index contributed by atoms with van der Waals surface area (Å²) in [5.74, 6) is -0.225. The molecule has 4 heteroatoms. The molecular weight excluding hydrogens is 132 g/mol. The van der Waals surface area contributed by atoms with Crippen LogP contribution in [0.1, 0.15) is 6.92 Å². The van der Waals surface area contributed by atoms with Crippen molar-refractivity contribution in [2.75, 3.05) is 14.1 Å². The predicted molar refractivity (Wildman–Crippen MR) is 37.4 cm³/mol. The summed E-state index contributed by atoms with van der Waals surface area (Å²) in [7, 11) is 3.10. The Kier molecular flexibility index (Phi) is 3.64. The smallest absolute Gasteiger partial charge is 0.245 e. The maximum atomic E-state index is 10.9. The predicted octanol–water partition coefficient (Wildman–Crippen LogP) is -0.791. The maximum Gasteiger partial charge on any atom is 0.245 e. The molecule has 0 saturated heterocycles. The first kappa shape index (κ1) is 9.10. The van der Waals surface area contributed by atoms with Crippen LogP contribution in [0, 0.1) is 0 Å². The molecule has 0 heterocycles. The van der Waals surface area contributed by atoms with Crippen molar-refractivity contribution in [3.8, 4) is 0 Å². The van der Waals surface area contributed by atoms with E-state index in [9.17, 15) is 9.59 Å². The van der Waals surface area contributed by atoms with Crippen LogP contribution in [0.4, 0.5) is 0 Å². The fraction of sp³-hybridized carbons (Fsp3) is 0.667. The average Bonchev–Trinajstić information content (AvgIpc) is 2.00. The Morgan fingerprint density at radius 2 is 2.20 bits per heavy atom. The van der Waals surface area contributed by atoms with Crippen LogP contribution in [0.3, 0.4) is 0 Å². The Balaban J connectivity index is 3.93. The van der Waals surface area contributed by atoms with Gasteiger partial charge in [0.15, 0.2) is 0 Å². The summed E-state index contributed by atoms with van der Waals surface area (Å²) in [4.78, 5) is 22.0. The molecule has 58 valence electrons. The lowest BCUT2D eigenvalue weighted by Gasteiger charge is -2.13. The molecule has 0 aliphatic carbocycles. The van der Waals surface area contributed by atoms with Gasteiger partial charge in [0.25, 0.3) is 0 Å². The quantitative estimate of drug-likeness (QED) is 0.528. The van der Waals surface area contributed by atoms with E-state index in [0.717, 1.165) is 4.90 Å². The Morgan fingerprint density at radius 3 is 2.50 bits per heavy atom. The molecule has 1 N–H and O–H groups in total. The lowest BCUT2D eigenvalue weighted by Crippen LogP contribution is -2.40. The number of hydrogen-bond acceptors (Lipinski definition) is 3. The van der Waals surface area contributed by atoms with Gasteiger partial charge in [0.05, 0.1) is 6.04 Å². The van der Waals surface area contributed by atoms with Crippen molar-refractivity contribution in [3.05, 3.63) is 0 Å². The van der Waals surface area contributed by atoms with Crippen molar-refractivity contribution in [1.82, 2.24) is 10.2 Å². The third kappa shape index (κ3) is 2.14. The lowest BCUT2D eigenvalue weighted by molar-refractivity contribution is -0.137. The molecule has 1 atom stereocenters. The van der Waals surface area contributed by atoms with Crippen LogP contribution in [0.5, 0.6) is 0 Å². The summed E-state index contributed by atoms with van der Waals surface area (Å²) in [6.07, 6.45) is 0.496. The summed E-state index contributed by atoms with van der Waals surface area (Å²) < 4.78 is 0. The maximum absolute atomic E-state index is 10.9. The highest BCUT2D eigenvalue weighted by atomic mass is 16.2. The van der Waals surface area contributed by atoms with E-state index >= 15 is 0 Å². The van der Waals surface area contributed by atoms with E-state index in [4.69, 9.17) is 0 Å². The van der Waals surface area contributed by atoms with Gasteiger partial charge in [-0.1, -0.05) is 0 Å². The van der Waals surface area contributed by atoms with Gasteiger partial charge in [-0.2, -0.15) is 0 Å². The largest absolute Gasteiger partial charge is 0.309 e. The van der Waals surface area contributed by atoms with Crippen LogP contribution < -0.4 is 5.32 Å². The second kappa shape index (κ2) is 4.00. The summed E-state index contributed by atoms with van der Waals surface area (Å²) in [6, 6.07) is -0.296. The van der Waals surface area contributed by atoms with Crippen LogP contribution in [-0.2, 0) is 9.59 Å². The minimum Gasteiger partial charge on any atom is -0.309 e. The van der Waals surface area contributed by atoms with Crippen LogP contribution in [-0.4, -0.2) is 37.4 Å². The van der Waals surface area contributed by atoms with Gasteiger partial charge < -0.3 is 5.32 Å². The highest BCUT2D eigenvalue weighted by Crippen LogP contribution is 1.86. The number of imide groups is 1. The van der Waals surface area contributed by atoms with Gasteiger partial charge in [0.1, 0.15) is 0 Å². The lowest BCUT2D eigenvalue weighted by atomic mass is 10.3. The Bertz CT molecular complexity index is 136. The number of amides is 2. The molecule has 0 fully saturated rings. The van der Waals surface area contributed by atoms with Crippen molar-refractivity contribution in [3.63, 3.8) is 0 Å². The monoisotopic (exact) mass is 144 g/mol.